The van der Waals surface area contributed by atoms with Crippen LogP contribution in [-0.2, 0) is 13.0 Å². The minimum absolute atomic E-state index is 0.0000660. The van der Waals surface area contributed by atoms with E-state index >= 15 is 0 Å². The zero-order valence-electron chi connectivity index (χ0n) is 22.2. The maximum absolute atomic E-state index is 14.2. The number of likely N-dealkylation sites (N-methyl/N-ethyl adjacent to an activating group) is 1. The van der Waals surface area contributed by atoms with Gasteiger partial charge in [0.1, 0.15) is 12.0 Å². The quantitative estimate of drug-likeness (QED) is 0.376. The third-order valence-electron chi connectivity index (χ3n) is 7.25. The van der Waals surface area contributed by atoms with E-state index in [4.69, 9.17) is 0 Å². The lowest BCUT2D eigenvalue weighted by atomic mass is 10.0. The van der Waals surface area contributed by atoms with Crippen molar-refractivity contribution in [3.63, 3.8) is 0 Å². The molecule has 3 N–H and O–H groups in total. The number of hydrogen-bond acceptors (Lipinski definition) is 6. The fraction of sp³-hybridized carbons (Fsp3) is 0.357. The summed E-state index contributed by atoms with van der Waals surface area (Å²) in [5, 5.41) is 6.62. The number of carbonyl (C=O) groups excluding carboxylic acids is 1. The van der Waals surface area contributed by atoms with E-state index in [1.165, 1.54) is 6.20 Å². The second-order valence-corrected chi connectivity index (χ2v) is 10.5. The number of H-pyrrole nitrogens is 1. The van der Waals surface area contributed by atoms with Crippen LogP contribution in [0.5, 0.6) is 0 Å². The Kier molecular flexibility index (Phi) is 7.02. The Labute approximate surface area is 224 Å². The Bertz CT molecular complexity index is 1490. The first-order chi connectivity index (χ1) is 18.5. The van der Waals surface area contributed by atoms with Gasteiger partial charge in [-0.1, -0.05) is 0 Å². The van der Waals surface area contributed by atoms with Gasteiger partial charge in [-0.15, -0.1) is 0 Å². The average Bonchev–Trinajstić information content (AvgIpc) is 3.35. The SMILES string of the molecule is C[C@@H](Cc1cc(F)cc(F)c1F)Nc1cc[nH]c(=O)c1C1Nc2cc3c(cc2N1C)C(=O)N(CCN(C)C)C3. The number of benzene rings is 2. The lowest BCUT2D eigenvalue weighted by molar-refractivity contribution is 0.0768. The minimum atomic E-state index is -1.24. The first kappa shape index (κ1) is 26.6. The highest BCUT2D eigenvalue weighted by Gasteiger charge is 2.35. The van der Waals surface area contributed by atoms with E-state index in [0.29, 0.717) is 36.0 Å². The first-order valence-electron chi connectivity index (χ1n) is 12.7. The van der Waals surface area contributed by atoms with Gasteiger partial charge < -0.3 is 30.3 Å². The Balaban J connectivity index is 1.38. The Morgan fingerprint density at radius 3 is 2.67 bits per heavy atom. The summed E-state index contributed by atoms with van der Waals surface area (Å²) in [5.74, 6) is -3.20. The number of pyridine rings is 1. The second kappa shape index (κ2) is 10.3. The first-order valence-corrected chi connectivity index (χ1v) is 12.7. The summed E-state index contributed by atoms with van der Waals surface area (Å²) in [7, 11) is 5.77. The number of aromatic amines is 1. The molecule has 206 valence electrons. The summed E-state index contributed by atoms with van der Waals surface area (Å²) < 4.78 is 41.6. The summed E-state index contributed by atoms with van der Waals surface area (Å²) in [6, 6.07) is 6.55. The molecule has 5 rings (SSSR count). The molecule has 0 saturated heterocycles. The van der Waals surface area contributed by atoms with E-state index < -0.39 is 29.7 Å². The molecule has 11 heteroatoms. The number of halogens is 3. The average molecular weight is 541 g/mol. The van der Waals surface area contributed by atoms with E-state index in [1.807, 2.05) is 48.0 Å². The third-order valence-corrected chi connectivity index (χ3v) is 7.25. The van der Waals surface area contributed by atoms with E-state index in [9.17, 15) is 22.8 Å². The maximum atomic E-state index is 14.2. The van der Waals surface area contributed by atoms with Crippen molar-refractivity contribution in [2.75, 3.05) is 49.8 Å². The van der Waals surface area contributed by atoms with Crippen molar-refractivity contribution in [1.29, 1.82) is 0 Å². The molecule has 2 aliphatic rings. The van der Waals surface area contributed by atoms with Gasteiger partial charge >= 0.3 is 0 Å². The number of fused-ring (bicyclic) bond motifs is 2. The number of anilines is 3. The van der Waals surface area contributed by atoms with Crippen molar-refractivity contribution in [1.82, 2.24) is 14.8 Å². The lowest BCUT2D eigenvalue weighted by Gasteiger charge is -2.26. The van der Waals surface area contributed by atoms with Crippen LogP contribution in [0.25, 0.3) is 0 Å². The fourth-order valence-electron chi connectivity index (χ4n) is 5.26. The van der Waals surface area contributed by atoms with Crippen LogP contribution in [-0.4, -0.2) is 61.0 Å². The molecule has 3 heterocycles. The number of nitrogens with zero attached hydrogens (tertiary/aromatic N) is 3. The molecule has 1 aromatic heterocycles. The van der Waals surface area contributed by atoms with Crippen molar-refractivity contribution >= 4 is 23.0 Å². The monoisotopic (exact) mass is 540 g/mol. The van der Waals surface area contributed by atoms with Gasteiger partial charge in [0, 0.05) is 56.2 Å². The standard InChI is InChI=1S/C28H31F3N6O2/c1-15(9-16-10-18(29)12-20(30)25(16)31)33-21-5-6-32-27(38)24(21)26-34-22-11-17-14-37(8-7-35(2)3)28(39)19(17)13-23(22)36(26)4/h5-6,10-13,15,26,34H,7-9,14H2,1-4H3,(H2,32,33,38)/t15-,26?/m0/s1. The summed E-state index contributed by atoms with van der Waals surface area (Å²) in [4.78, 5) is 34.6. The zero-order chi connectivity index (χ0) is 28.0. The van der Waals surface area contributed by atoms with Crippen molar-refractivity contribution < 1.29 is 18.0 Å². The van der Waals surface area contributed by atoms with Crippen molar-refractivity contribution in [2.24, 2.45) is 0 Å². The molecule has 0 saturated carbocycles. The van der Waals surface area contributed by atoms with Crippen LogP contribution in [0.1, 0.15) is 40.1 Å². The molecule has 2 aromatic carbocycles. The van der Waals surface area contributed by atoms with E-state index in [0.717, 1.165) is 29.5 Å². The van der Waals surface area contributed by atoms with Crippen LogP contribution >= 0.6 is 0 Å². The molecule has 1 unspecified atom stereocenters. The molecule has 0 spiro atoms. The van der Waals surface area contributed by atoms with Gasteiger partial charge in [0.05, 0.1) is 16.9 Å². The molecule has 1 amide bonds. The molecule has 0 aliphatic carbocycles. The van der Waals surface area contributed by atoms with E-state index in [-0.39, 0.29) is 23.5 Å². The van der Waals surface area contributed by atoms with Gasteiger partial charge in [-0.3, -0.25) is 9.59 Å². The molecule has 0 radical (unpaired) electrons. The lowest BCUT2D eigenvalue weighted by Crippen LogP contribution is -2.32. The number of amides is 1. The summed E-state index contributed by atoms with van der Waals surface area (Å²) in [6.45, 7) is 3.67. The molecule has 39 heavy (non-hydrogen) atoms. The minimum Gasteiger partial charge on any atom is -0.382 e. The highest BCUT2D eigenvalue weighted by atomic mass is 19.2. The number of aromatic nitrogens is 1. The molecular weight excluding hydrogens is 509 g/mol. The Morgan fingerprint density at radius 2 is 1.92 bits per heavy atom. The van der Waals surface area contributed by atoms with E-state index in [2.05, 4.69) is 15.6 Å². The van der Waals surface area contributed by atoms with Crippen molar-refractivity contribution in [3.8, 4) is 0 Å². The Hall–Kier alpha value is -3.99. The van der Waals surface area contributed by atoms with Gasteiger partial charge in [-0.05, 0) is 62.8 Å². The summed E-state index contributed by atoms with van der Waals surface area (Å²) in [6.07, 6.45) is 0.951. The fourth-order valence-corrected chi connectivity index (χ4v) is 5.26. The second-order valence-electron chi connectivity index (χ2n) is 10.5. The highest BCUT2D eigenvalue weighted by molar-refractivity contribution is 6.01. The maximum Gasteiger partial charge on any atom is 0.257 e. The Morgan fingerprint density at radius 1 is 1.15 bits per heavy atom. The van der Waals surface area contributed by atoms with Crippen LogP contribution in [0.2, 0.25) is 0 Å². The van der Waals surface area contributed by atoms with Crippen LogP contribution in [0.4, 0.5) is 30.2 Å². The van der Waals surface area contributed by atoms with Crippen LogP contribution < -0.4 is 21.1 Å². The predicted molar refractivity (Wildman–Crippen MR) is 145 cm³/mol. The topological polar surface area (TPSA) is 83.7 Å². The molecule has 2 atom stereocenters. The molecular formula is C28H31F3N6O2. The number of nitrogens with one attached hydrogen (secondary N) is 3. The zero-order valence-corrected chi connectivity index (χ0v) is 22.2. The third kappa shape index (κ3) is 5.06. The molecule has 2 aliphatic heterocycles. The molecule has 0 bridgehead atoms. The normalized spacial score (nSPS) is 16.9. The van der Waals surface area contributed by atoms with Crippen LogP contribution in [0.3, 0.4) is 0 Å². The summed E-state index contributed by atoms with van der Waals surface area (Å²) in [5.41, 5.74) is 3.65. The molecule has 8 nitrogen and oxygen atoms in total. The number of rotatable bonds is 8. The largest absolute Gasteiger partial charge is 0.382 e. The highest BCUT2D eigenvalue weighted by Crippen LogP contribution is 2.44. The number of hydrogen-bond donors (Lipinski definition) is 3. The van der Waals surface area contributed by atoms with Gasteiger partial charge in [-0.25, -0.2) is 13.2 Å². The van der Waals surface area contributed by atoms with Gasteiger partial charge in [-0.2, -0.15) is 0 Å². The summed E-state index contributed by atoms with van der Waals surface area (Å²) >= 11 is 0. The van der Waals surface area contributed by atoms with Gasteiger partial charge in [0.15, 0.2) is 11.6 Å². The molecule has 3 aromatic rings. The molecule has 0 fully saturated rings. The van der Waals surface area contributed by atoms with Gasteiger partial charge in [0.25, 0.3) is 11.5 Å². The van der Waals surface area contributed by atoms with E-state index in [1.54, 1.807) is 13.0 Å². The smallest absolute Gasteiger partial charge is 0.257 e. The van der Waals surface area contributed by atoms with Crippen LogP contribution in [0, 0.1) is 17.5 Å². The van der Waals surface area contributed by atoms with Crippen LogP contribution in [0.15, 0.2) is 41.3 Å². The van der Waals surface area contributed by atoms with Crippen molar-refractivity contribution in [3.05, 3.63) is 86.6 Å². The number of carbonyl (C=O) groups is 1. The van der Waals surface area contributed by atoms with Crippen molar-refractivity contribution in [2.45, 2.75) is 32.1 Å². The predicted octanol–water partition coefficient (Wildman–Crippen LogP) is 3.91. The van der Waals surface area contributed by atoms with Gasteiger partial charge in [0.2, 0.25) is 0 Å².